The van der Waals surface area contributed by atoms with E-state index in [1.807, 2.05) is 0 Å². The number of esters is 8. The Bertz CT molecular complexity index is 1750. The van der Waals surface area contributed by atoms with Crippen LogP contribution in [0.5, 0.6) is 17.2 Å². The molecule has 23 heteroatoms. The minimum atomic E-state index is -2.00. The van der Waals surface area contributed by atoms with Gasteiger partial charge >= 0.3 is 53.7 Å². The molecule has 2 N–H and O–H groups in total. The molecule has 0 amide bonds. The van der Waals surface area contributed by atoms with E-state index in [0.29, 0.717) is 6.07 Å². The monoisotopic (exact) mass is 830 g/mol. The number of ether oxygens (including phenoxy) is 12. The molecule has 2 aliphatic heterocycles. The first kappa shape index (κ1) is 46.2. The van der Waals surface area contributed by atoms with Crippen LogP contribution < -0.4 is 9.47 Å². The second-order valence-corrected chi connectivity index (χ2v) is 12.5. The van der Waals surface area contributed by atoms with Gasteiger partial charge < -0.3 is 67.1 Å². The number of aromatic carboxylic acids is 1. The topological polar surface area (TPSA) is 305 Å². The lowest BCUT2D eigenvalue weighted by Gasteiger charge is -2.44. The normalized spacial score (nSPS) is 26.3. The van der Waals surface area contributed by atoms with Crippen molar-refractivity contribution in [3.63, 3.8) is 0 Å². The van der Waals surface area contributed by atoms with Crippen LogP contribution in [0, 0.1) is 0 Å². The molecule has 0 aromatic heterocycles. The summed E-state index contributed by atoms with van der Waals surface area (Å²) in [5.74, 6) is -11.7. The fourth-order valence-corrected chi connectivity index (χ4v) is 5.73. The minimum absolute atomic E-state index is 0.646. The number of hydrogen-bond acceptors (Lipinski definition) is 22. The second kappa shape index (κ2) is 20.3. The molecule has 58 heavy (non-hydrogen) atoms. The highest BCUT2D eigenvalue weighted by Crippen LogP contribution is 2.43. The lowest BCUT2D eigenvalue weighted by Crippen LogP contribution is -2.64. The Kier molecular flexibility index (Phi) is 16.1. The van der Waals surface area contributed by atoms with E-state index in [4.69, 9.17) is 56.8 Å². The first-order chi connectivity index (χ1) is 27.1. The van der Waals surface area contributed by atoms with Crippen molar-refractivity contribution in [2.45, 2.75) is 117 Å². The summed E-state index contributed by atoms with van der Waals surface area (Å²) in [5.41, 5.74) is -0.646. The molecule has 2 aliphatic rings. The van der Waals surface area contributed by atoms with Crippen molar-refractivity contribution in [3.05, 3.63) is 17.7 Å². The van der Waals surface area contributed by atoms with Gasteiger partial charge in [0.05, 0.1) is 5.56 Å². The molecule has 3 rings (SSSR count). The van der Waals surface area contributed by atoms with Gasteiger partial charge in [0, 0.05) is 55.4 Å². The van der Waals surface area contributed by atoms with Crippen molar-refractivity contribution >= 4 is 53.7 Å². The van der Waals surface area contributed by atoms with Crippen molar-refractivity contribution in [3.8, 4) is 17.2 Å². The third kappa shape index (κ3) is 12.9. The van der Waals surface area contributed by atoms with E-state index in [2.05, 4.69) is 0 Å². The van der Waals surface area contributed by atoms with Crippen molar-refractivity contribution in [1.82, 2.24) is 0 Å². The number of carbonyl (C=O) groups excluding carboxylic acids is 8. The molecule has 2 unspecified atom stereocenters. The molecular formula is C35H42O23. The van der Waals surface area contributed by atoms with E-state index in [1.54, 1.807) is 0 Å². The molecule has 10 atom stereocenters. The molecule has 0 saturated carbocycles. The Morgan fingerprint density at radius 1 is 0.500 bits per heavy atom. The fourth-order valence-electron chi connectivity index (χ4n) is 5.73. The van der Waals surface area contributed by atoms with Crippen molar-refractivity contribution in [2.24, 2.45) is 0 Å². The standard InChI is InChI=1S/C35H42O23/c1-13(36)47-11-24-27(49-15(3)38)29(51-17(5)40)31(53-19(7)42)34(56-24)55-23-10-21(33(45)46)9-22(44)26(23)58-35-32(54-20(8)43)30(52-18(6)41)28(50-16(4)39)25(57-35)12-48-14(2)37/h9-10,24-25,27-32,34-35,44H,11-12H2,1-8H3,(H,45,46)/t24-,25-,27-,28-,29+,30+,31-,32-,34?,35?/m1/s1. The Hall–Kier alpha value is -6.23. The predicted molar refractivity (Wildman–Crippen MR) is 180 cm³/mol. The van der Waals surface area contributed by atoms with Crippen molar-refractivity contribution in [1.29, 1.82) is 0 Å². The zero-order valence-corrected chi connectivity index (χ0v) is 32.3. The maximum Gasteiger partial charge on any atom is 0.335 e. The van der Waals surface area contributed by atoms with Crippen molar-refractivity contribution < 1.29 is 110 Å². The lowest BCUT2D eigenvalue weighted by atomic mass is 9.98. The molecule has 2 saturated heterocycles. The largest absolute Gasteiger partial charge is 0.504 e. The van der Waals surface area contributed by atoms with Gasteiger partial charge in [0.25, 0.3) is 0 Å². The third-order valence-corrected chi connectivity index (χ3v) is 7.66. The van der Waals surface area contributed by atoms with Gasteiger partial charge in [0.2, 0.25) is 30.5 Å². The Labute approximate surface area is 328 Å². The number of aromatic hydroxyl groups is 1. The summed E-state index contributed by atoms with van der Waals surface area (Å²) in [6.07, 6.45) is -17.5. The SMILES string of the molecule is CC(=O)OC[C@H]1OC(Oc2cc(C(=O)O)cc(O)c2OC2O[C@H](COC(C)=O)[C@@H](OC(C)=O)[C@H](OC(C)=O)[C@H]2OC(C)=O)[C@H](OC(C)=O)[C@@H](OC(C)=O)[C@@H]1OC(C)=O. The molecular weight excluding hydrogens is 788 g/mol. The molecule has 2 fully saturated rings. The van der Waals surface area contributed by atoms with E-state index in [9.17, 15) is 53.4 Å². The van der Waals surface area contributed by atoms with Crippen molar-refractivity contribution in [2.75, 3.05) is 13.2 Å². The number of benzene rings is 1. The van der Waals surface area contributed by atoms with E-state index >= 15 is 0 Å². The summed E-state index contributed by atoms with van der Waals surface area (Å²) in [6, 6.07) is 1.49. The molecule has 0 spiro atoms. The van der Waals surface area contributed by atoms with Gasteiger partial charge in [-0.2, -0.15) is 0 Å². The van der Waals surface area contributed by atoms with E-state index in [1.165, 1.54) is 0 Å². The van der Waals surface area contributed by atoms with E-state index in [0.717, 1.165) is 61.5 Å². The lowest BCUT2D eigenvalue weighted by molar-refractivity contribution is -0.292. The number of carboxylic acid groups (broad SMARTS) is 1. The maximum atomic E-state index is 12.4. The summed E-state index contributed by atoms with van der Waals surface area (Å²) in [6.45, 7) is 6.57. The zero-order chi connectivity index (χ0) is 43.6. The number of carboxylic acids is 1. The fraction of sp³-hybridized carbons (Fsp3) is 0.571. The Morgan fingerprint density at radius 2 is 0.845 bits per heavy atom. The van der Waals surface area contributed by atoms with Gasteiger partial charge in [0.15, 0.2) is 35.9 Å². The quantitative estimate of drug-likeness (QED) is 0.174. The number of hydrogen-bond donors (Lipinski definition) is 2. The minimum Gasteiger partial charge on any atom is -0.504 e. The number of rotatable bonds is 15. The first-order valence-electron chi connectivity index (χ1n) is 17.1. The molecule has 1 aromatic rings. The van der Waals surface area contributed by atoms with Gasteiger partial charge in [-0.15, -0.1) is 0 Å². The van der Waals surface area contributed by atoms with E-state index < -0.39 is 151 Å². The predicted octanol–water partition coefficient (Wildman–Crippen LogP) is 0.0142. The summed E-state index contributed by atoms with van der Waals surface area (Å²) < 4.78 is 66.2. The van der Waals surface area contributed by atoms with Crippen LogP contribution in [0.1, 0.15) is 65.7 Å². The van der Waals surface area contributed by atoms with Crippen LogP contribution in [-0.2, 0) is 85.7 Å². The van der Waals surface area contributed by atoms with Gasteiger partial charge in [-0.3, -0.25) is 38.4 Å². The molecule has 320 valence electrons. The van der Waals surface area contributed by atoms with Crippen LogP contribution in [0.4, 0.5) is 0 Å². The maximum absolute atomic E-state index is 12.4. The molecule has 0 radical (unpaired) electrons. The smallest absolute Gasteiger partial charge is 0.335 e. The molecule has 23 nitrogen and oxygen atoms in total. The number of phenolic OH excluding ortho intramolecular Hbond substituents is 1. The first-order valence-corrected chi connectivity index (χ1v) is 17.1. The number of phenols is 1. The molecule has 1 aromatic carbocycles. The number of carbonyl (C=O) groups is 9. The van der Waals surface area contributed by atoms with Gasteiger partial charge in [0.1, 0.15) is 25.4 Å². The summed E-state index contributed by atoms with van der Waals surface area (Å²) >= 11 is 0. The Morgan fingerprint density at radius 3 is 1.19 bits per heavy atom. The summed E-state index contributed by atoms with van der Waals surface area (Å²) in [7, 11) is 0. The van der Waals surface area contributed by atoms with Crippen LogP contribution in [0.25, 0.3) is 0 Å². The highest BCUT2D eigenvalue weighted by Gasteiger charge is 2.55. The van der Waals surface area contributed by atoms with Crippen LogP contribution in [0.15, 0.2) is 12.1 Å². The van der Waals surface area contributed by atoms with E-state index in [-0.39, 0.29) is 0 Å². The van der Waals surface area contributed by atoms with Crippen LogP contribution in [0.2, 0.25) is 0 Å². The van der Waals surface area contributed by atoms with Gasteiger partial charge in [-0.05, 0) is 12.1 Å². The Balaban J connectivity index is 2.25. The third-order valence-electron chi connectivity index (χ3n) is 7.66. The molecule has 2 heterocycles. The van der Waals surface area contributed by atoms with Crippen LogP contribution in [0.3, 0.4) is 0 Å². The zero-order valence-electron chi connectivity index (χ0n) is 32.3. The van der Waals surface area contributed by atoms with Crippen LogP contribution >= 0.6 is 0 Å². The average Bonchev–Trinajstić information content (AvgIpc) is 3.08. The average molecular weight is 831 g/mol. The summed E-state index contributed by atoms with van der Waals surface area (Å²) in [4.78, 5) is 109. The molecule has 0 bridgehead atoms. The highest BCUT2D eigenvalue weighted by molar-refractivity contribution is 5.89. The highest BCUT2D eigenvalue weighted by atomic mass is 16.8. The van der Waals surface area contributed by atoms with Crippen LogP contribution in [-0.4, -0.2) is 139 Å². The van der Waals surface area contributed by atoms with Gasteiger partial charge in [-0.25, -0.2) is 4.79 Å². The molecule has 0 aliphatic carbocycles. The van der Waals surface area contributed by atoms with Gasteiger partial charge in [-0.1, -0.05) is 0 Å². The summed E-state index contributed by atoms with van der Waals surface area (Å²) in [5, 5.41) is 21.1. The second-order valence-electron chi connectivity index (χ2n) is 12.5.